The molecule has 1 aromatic heterocycles. The third kappa shape index (κ3) is 7.00. The Hall–Kier alpha value is -3.00. The fourth-order valence-electron chi connectivity index (χ4n) is 2.70. The normalized spacial score (nSPS) is 11.0. The molecular weight excluding hydrogens is 548 g/mol. The molecule has 3 rings (SSSR count). The largest absolute Gasteiger partial charge is 0.490 e. The van der Waals surface area contributed by atoms with Crippen LogP contribution in [0.5, 0.6) is 5.75 Å². The molecule has 0 aliphatic heterocycles. The van der Waals surface area contributed by atoms with Gasteiger partial charge in [0.05, 0.1) is 17.1 Å². The number of hydrogen-bond donors (Lipinski definition) is 3. The number of aryl methyl sites for hydroxylation is 1. The first-order chi connectivity index (χ1) is 16.2. The van der Waals surface area contributed by atoms with Crippen LogP contribution in [0.2, 0.25) is 0 Å². The molecule has 13 heteroatoms. The lowest BCUT2D eigenvalue weighted by Crippen LogP contribution is -2.34. The maximum atomic E-state index is 12.7. The van der Waals surface area contributed by atoms with Crippen LogP contribution in [0.3, 0.4) is 0 Å². The number of aromatic nitrogens is 1. The molecule has 34 heavy (non-hydrogen) atoms. The average Bonchev–Trinajstić information content (AvgIpc) is 3.18. The van der Waals surface area contributed by atoms with Crippen molar-refractivity contribution in [3.63, 3.8) is 0 Å². The number of anilines is 2. The van der Waals surface area contributed by atoms with Crippen molar-refractivity contribution >= 4 is 60.7 Å². The zero-order valence-electron chi connectivity index (χ0n) is 18.1. The van der Waals surface area contributed by atoms with Crippen molar-refractivity contribution < 1.29 is 27.2 Å². The van der Waals surface area contributed by atoms with E-state index in [1.54, 1.807) is 32.2 Å². The fourth-order valence-corrected chi connectivity index (χ4v) is 4.26. The van der Waals surface area contributed by atoms with E-state index in [-0.39, 0.29) is 28.0 Å². The van der Waals surface area contributed by atoms with Gasteiger partial charge >= 0.3 is 0 Å². The van der Waals surface area contributed by atoms with Crippen LogP contribution in [0.15, 0.2) is 62.4 Å². The molecule has 0 radical (unpaired) electrons. The first-order valence-corrected chi connectivity index (χ1v) is 12.5. The van der Waals surface area contributed by atoms with E-state index >= 15 is 0 Å². The number of carbonyl (C=O) groups excluding carboxylic acids is 1. The van der Waals surface area contributed by atoms with Gasteiger partial charge in [0.25, 0.3) is 15.9 Å². The summed E-state index contributed by atoms with van der Waals surface area (Å²) in [6.45, 7) is 2.30. The van der Waals surface area contributed by atoms with Crippen molar-refractivity contribution in [2.24, 2.45) is 0 Å². The zero-order valence-corrected chi connectivity index (χ0v) is 21.3. The summed E-state index contributed by atoms with van der Waals surface area (Å²) in [7, 11) is -2.29. The van der Waals surface area contributed by atoms with Crippen LogP contribution in [-0.2, 0) is 14.8 Å². The van der Waals surface area contributed by atoms with E-state index in [4.69, 9.17) is 26.2 Å². The van der Waals surface area contributed by atoms with Crippen LogP contribution in [0.1, 0.15) is 16.1 Å². The Morgan fingerprint density at radius 1 is 1.15 bits per heavy atom. The van der Waals surface area contributed by atoms with Crippen LogP contribution < -0.4 is 20.1 Å². The third-order valence-electron chi connectivity index (χ3n) is 4.25. The van der Waals surface area contributed by atoms with Crippen molar-refractivity contribution in [1.29, 1.82) is 0 Å². The van der Waals surface area contributed by atoms with Gasteiger partial charge in [-0.15, -0.1) is 0 Å². The minimum absolute atomic E-state index is 0.0145. The first-order valence-electron chi connectivity index (χ1n) is 9.78. The lowest BCUT2D eigenvalue weighted by atomic mass is 10.2. The summed E-state index contributed by atoms with van der Waals surface area (Å²) >= 11 is 8.56. The van der Waals surface area contributed by atoms with Crippen molar-refractivity contribution in [3.05, 3.63) is 64.3 Å². The number of nitrogens with one attached hydrogen (secondary N) is 3. The van der Waals surface area contributed by atoms with Gasteiger partial charge in [0, 0.05) is 23.3 Å². The first kappa shape index (κ1) is 25.6. The predicted octanol–water partition coefficient (Wildman–Crippen LogP) is 3.70. The summed E-state index contributed by atoms with van der Waals surface area (Å²) in [5.41, 5.74) is 0.762. The Morgan fingerprint density at radius 3 is 2.53 bits per heavy atom. The van der Waals surface area contributed by atoms with Crippen LogP contribution >= 0.6 is 28.1 Å². The van der Waals surface area contributed by atoms with Crippen LogP contribution in [0.4, 0.5) is 11.5 Å². The molecule has 0 aliphatic carbocycles. The Bertz CT molecular complexity index is 1280. The molecule has 180 valence electrons. The summed E-state index contributed by atoms with van der Waals surface area (Å²) < 4.78 is 43.4. The van der Waals surface area contributed by atoms with E-state index in [2.05, 4.69) is 36.4 Å². The number of amides is 1. The van der Waals surface area contributed by atoms with E-state index in [1.807, 2.05) is 0 Å². The highest BCUT2D eigenvalue weighted by Gasteiger charge is 2.17. The number of rotatable bonds is 9. The summed E-state index contributed by atoms with van der Waals surface area (Å²) in [5, 5.41) is 9.07. The van der Waals surface area contributed by atoms with Gasteiger partial charge in [-0.25, -0.2) is 8.42 Å². The van der Waals surface area contributed by atoms with Gasteiger partial charge in [0.2, 0.25) is 0 Å². The van der Waals surface area contributed by atoms with E-state index < -0.39 is 15.9 Å². The molecule has 0 unspecified atom stereocenters. The Kier molecular flexibility index (Phi) is 8.61. The Labute approximate surface area is 210 Å². The Balaban J connectivity index is 1.63. The second-order valence-electron chi connectivity index (χ2n) is 6.84. The minimum atomic E-state index is -3.85. The Morgan fingerprint density at radius 2 is 1.88 bits per heavy atom. The smallest absolute Gasteiger partial charge is 0.263 e. The van der Waals surface area contributed by atoms with Gasteiger partial charge in [-0.3, -0.25) is 14.8 Å². The van der Waals surface area contributed by atoms with Gasteiger partial charge < -0.3 is 19.3 Å². The highest BCUT2D eigenvalue weighted by atomic mass is 79.9. The summed E-state index contributed by atoms with van der Waals surface area (Å²) in [4.78, 5) is 12.8. The van der Waals surface area contributed by atoms with Crippen molar-refractivity contribution in [2.45, 2.75) is 11.8 Å². The molecule has 1 heterocycles. The number of carbonyl (C=O) groups is 1. The zero-order chi connectivity index (χ0) is 24.7. The number of benzene rings is 2. The van der Waals surface area contributed by atoms with Crippen molar-refractivity contribution in [1.82, 2.24) is 10.5 Å². The molecule has 3 N–H and O–H groups in total. The van der Waals surface area contributed by atoms with E-state index in [0.717, 1.165) is 0 Å². The van der Waals surface area contributed by atoms with E-state index in [0.29, 0.717) is 28.3 Å². The minimum Gasteiger partial charge on any atom is -0.490 e. The van der Waals surface area contributed by atoms with Gasteiger partial charge in [-0.05, 0) is 61.6 Å². The standard InChI is InChI=1S/C21H21BrN4O6S2/c1-13-11-19(25-32-13)26-34(28,29)16-6-4-15(5-7-16)23-21(33)24-20(27)17-12-14(22)3-8-18(17)31-10-9-30-2/h3-8,11-12H,9-10H2,1-2H3,(H,25,26)(H2,23,24,27,33). The molecule has 10 nitrogen and oxygen atoms in total. The maximum Gasteiger partial charge on any atom is 0.263 e. The summed E-state index contributed by atoms with van der Waals surface area (Å²) in [6.07, 6.45) is 0. The van der Waals surface area contributed by atoms with Gasteiger partial charge in [-0.1, -0.05) is 21.1 Å². The molecule has 0 fully saturated rings. The summed E-state index contributed by atoms with van der Waals surface area (Å²) in [6, 6.07) is 12.3. The molecule has 2 aromatic carbocycles. The lowest BCUT2D eigenvalue weighted by Gasteiger charge is -2.14. The lowest BCUT2D eigenvalue weighted by molar-refractivity contribution is 0.0969. The van der Waals surface area contributed by atoms with Crippen molar-refractivity contribution in [3.8, 4) is 5.75 Å². The maximum absolute atomic E-state index is 12.7. The molecule has 3 aromatic rings. The fraction of sp³-hybridized carbons (Fsp3) is 0.190. The molecule has 1 amide bonds. The highest BCUT2D eigenvalue weighted by Crippen LogP contribution is 2.23. The number of thiocarbonyl (C=S) groups is 1. The predicted molar refractivity (Wildman–Crippen MR) is 134 cm³/mol. The molecule has 0 spiro atoms. The van der Waals surface area contributed by atoms with E-state index in [1.165, 1.54) is 30.3 Å². The molecule has 0 aliphatic rings. The number of nitrogens with zero attached hydrogens (tertiary/aromatic N) is 1. The summed E-state index contributed by atoms with van der Waals surface area (Å²) in [5.74, 6) is 0.466. The van der Waals surface area contributed by atoms with Gasteiger partial charge in [0.1, 0.15) is 18.1 Å². The van der Waals surface area contributed by atoms with Crippen LogP contribution in [-0.4, -0.2) is 44.9 Å². The second kappa shape index (κ2) is 11.4. The SMILES string of the molecule is COCCOc1ccc(Br)cc1C(=O)NC(=S)Nc1ccc(S(=O)(=O)Nc2cc(C)on2)cc1. The number of hydrogen-bond acceptors (Lipinski definition) is 8. The second-order valence-corrected chi connectivity index (χ2v) is 9.85. The average molecular weight is 569 g/mol. The van der Waals surface area contributed by atoms with Gasteiger partial charge in [0.15, 0.2) is 10.9 Å². The molecule has 0 saturated carbocycles. The molecule has 0 saturated heterocycles. The van der Waals surface area contributed by atoms with Crippen molar-refractivity contribution in [2.75, 3.05) is 30.4 Å². The highest BCUT2D eigenvalue weighted by molar-refractivity contribution is 9.10. The third-order valence-corrected chi connectivity index (χ3v) is 6.32. The monoisotopic (exact) mass is 568 g/mol. The quantitative estimate of drug-likeness (QED) is 0.261. The number of methoxy groups -OCH3 is 1. The van der Waals surface area contributed by atoms with Gasteiger partial charge in [-0.2, -0.15) is 0 Å². The molecule has 0 bridgehead atoms. The topological polar surface area (TPSA) is 132 Å². The number of ether oxygens (including phenoxy) is 2. The van der Waals surface area contributed by atoms with Crippen LogP contribution in [0.25, 0.3) is 0 Å². The molecule has 0 atom stereocenters. The number of sulfonamides is 1. The van der Waals surface area contributed by atoms with E-state index in [9.17, 15) is 13.2 Å². The number of halogens is 1. The molecular formula is C21H21BrN4O6S2. The van der Waals surface area contributed by atoms with Crippen LogP contribution in [0, 0.1) is 6.92 Å².